The van der Waals surface area contributed by atoms with Crippen molar-refractivity contribution in [2.45, 2.75) is 25.8 Å². The van der Waals surface area contributed by atoms with Gasteiger partial charge in [-0.05, 0) is 47.5 Å². The van der Waals surface area contributed by atoms with Crippen LogP contribution in [0.1, 0.15) is 36.9 Å². The molecule has 3 N–H and O–H groups in total. The van der Waals surface area contributed by atoms with E-state index in [1.807, 2.05) is 54.6 Å². The van der Waals surface area contributed by atoms with Crippen LogP contribution in [0.25, 0.3) is 0 Å². The van der Waals surface area contributed by atoms with Crippen LogP contribution in [-0.2, 0) is 4.79 Å². The van der Waals surface area contributed by atoms with E-state index in [1.54, 1.807) is 18.2 Å². The smallest absolute Gasteiger partial charge is 0.292 e. The molecule has 0 saturated carbocycles. The van der Waals surface area contributed by atoms with Crippen molar-refractivity contribution in [3.63, 3.8) is 0 Å². The molecule has 3 aromatic rings. The summed E-state index contributed by atoms with van der Waals surface area (Å²) < 4.78 is 0. The van der Waals surface area contributed by atoms with Crippen LogP contribution in [0.4, 0.5) is 17.1 Å². The minimum absolute atomic E-state index is 0.0958. The molecule has 0 aliphatic carbocycles. The number of anilines is 2. The Bertz CT molecular complexity index is 1100. The van der Waals surface area contributed by atoms with E-state index < -0.39 is 11.0 Å². The van der Waals surface area contributed by atoms with E-state index in [2.05, 4.69) is 29.8 Å². The number of thiocarbonyl (C=S) groups is 1. The number of nitrogens with one attached hydrogen (secondary N) is 3. The summed E-state index contributed by atoms with van der Waals surface area (Å²) in [6, 6.07) is 22.2. The molecule has 0 aliphatic rings. The van der Waals surface area contributed by atoms with Crippen molar-refractivity contribution < 1.29 is 9.72 Å². The Labute approximate surface area is 192 Å². The third-order valence-corrected chi connectivity index (χ3v) is 5.08. The Morgan fingerprint density at radius 3 is 2.12 bits per heavy atom. The summed E-state index contributed by atoms with van der Waals surface area (Å²) in [6.07, 6.45) is 0. The maximum Gasteiger partial charge on any atom is 0.292 e. The van der Waals surface area contributed by atoms with Crippen LogP contribution in [-0.4, -0.2) is 15.9 Å². The van der Waals surface area contributed by atoms with Gasteiger partial charge in [0.1, 0.15) is 11.7 Å². The first-order chi connectivity index (χ1) is 15.3. The highest BCUT2D eigenvalue weighted by Gasteiger charge is 2.23. The third kappa shape index (κ3) is 5.89. The topological polar surface area (TPSA) is 96.3 Å². The number of hydrogen-bond donors (Lipinski definition) is 3. The molecule has 164 valence electrons. The third-order valence-electron chi connectivity index (χ3n) is 4.86. The number of rotatable bonds is 7. The lowest BCUT2D eigenvalue weighted by molar-refractivity contribution is -0.383. The molecule has 7 nitrogen and oxygen atoms in total. The number of carbonyl (C=O) groups excluding carboxylic acids is 1. The fraction of sp³-hybridized carbons (Fsp3) is 0.167. The van der Waals surface area contributed by atoms with E-state index in [0.717, 1.165) is 0 Å². The summed E-state index contributed by atoms with van der Waals surface area (Å²) in [7, 11) is 0. The number of nitro groups is 1. The van der Waals surface area contributed by atoms with Gasteiger partial charge in [0.05, 0.1) is 4.92 Å². The predicted octanol–water partition coefficient (Wildman–Crippen LogP) is 5.38. The quantitative estimate of drug-likeness (QED) is 0.255. The molecule has 0 saturated heterocycles. The van der Waals surface area contributed by atoms with Crippen molar-refractivity contribution in [1.29, 1.82) is 0 Å². The molecule has 0 aromatic heterocycles. The molecular formula is C24H24N4O3S. The zero-order valence-corrected chi connectivity index (χ0v) is 18.6. The molecule has 3 aromatic carbocycles. The molecule has 32 heavy (non-hydrogen) atoms. The maximum atomic E-state index is 13.1. The normalized spacial score (nSPS) is 11.5. The summed E-state index contributed by atoms with van der Waals surface area (Å²) in [5.74, 6) is 0.0872. The van der Waals surface area contributed by atoms with E-state index in [1.165, 1.54) is 11.6 Å². The molecule has 8 heteroatoms. The Morgan fingerprint density at radius 2 is 1.50 bits per heavy atom. The highest BCUT2D eigenvalue weighted by Crippen LogP contribution is 2.24. The first-order valence-corrected chi connectivity index (χ1v) is 10.5. The average Bonchev–Trinajstić information content (AvgIpc) is 2.78. The van der Waals surface area contributed by atoms with Crippen molar-refractivity contribution >= 4 is 40.3 Å². The fourth-order valence-electron chi connectivity index (χ4n) is 3.14. The molecule has 1 unspecified atom stereocenters. The lowest BCUT2D eigenvalue weighted by atomic mass is 10.0. The van der Waals surface area contributed by atoms with Gasteiger partial charge >= 0.3 is 0 Å². The molecule has 0 spiro atoms. The van der Waals surface area contributed by atoms with E-state index in [-0.39, 0.29) is 22.4 Å². The van der Waals surface area contributed by atoms with Crippen LogP contribution in [0.5, 0.6) is 0 Å². The monoisotopic (exact) mass is 448 g/mol. The second kappa shape index (κ2) is 10.5. The van der Waals surface area contributed by atoms with E-state index in [9.17, 15) is 14.9 Å². The predicted molar refractivity (Wildman–Crippen MR) is 131 cm³/mol. The van der Waals surface area contributed by atoms with Crippen molar-refractivity contribution in [2.24, 2.45) is 0 Å². The van der Waals surface area contributed by atoms with Gasteiger partial charge in [-0.1, -0.05) is 68.4 Å². The summed E-state index contributed by atoms with van der Waals surface area (Å²) >= 11 is 5.36. The van der Waals surface area contributed by atoms with Gasteiger partial charge in [-0.15, -0.1) is 0 Å². The molecule has 3 rings (SSSR count). The van der Waals surface area contributed by atoms with Gasteiger partial charge in [-0.3, -0.25) is 14.9 Å². The molecular weight excluding hydrogens is 424 g/mol. The van der Waals surface area contributed by atoms with Crippen molar-refractivity contribution in [1.82, 2.24) is 5.32 Å². The minimum atomic E-state index is -0.802. The van der Waals surface area contributed by atoms with Crippen LogP contribution in [0.15, 0.2) is 78.9 Å². The van der Waals surface area contributed by atoms with Crippen LogP contribution in [0.2, 0.25) is 0 Å². The number of nitrogens with zero attached hydrogens (tertiary/aromatic N) is 1. The zero-order chi connectivity index (χ0) is 23.1. The Kier molecular flexibility index (Phi) is 7.51. The lowest BCUT2D eigenvalue weighted by Crippen LogP contribution is -2.39. The second-order valence-corrected chi connectivity index (χ2v) is 7.89. The van der Waals surface area contributed by atoms with Crippen LogP contribution in [0, 0.1) is 10.1 Å². The molecule has 0 radical (unpaired) electrons. The van der Waals surface area contributed by atoms with Crippen LogP contribution < -0.4 is 16.0 Å². The van der Waals surface area contributed by atoms with Crippen molar-refractivity contribution in [3.8, 4) is 0 Å². The fourth-order valence-corrected chi connectivity index (χ4v) is 3.37. The summed E-state index contributed by atoms with van der Waals surface area (Å²) in [5, 5.41) is 20.1. The van der Waals surface area contributed by atoms with Crippen LogP contribution in [0.3, 0.4) is 0 Å². The number of nitro benzene ring substituents is 1. The number of hydrogen-bond acceptors (Lipinski definition) is 4. The highest BCUT2D eigenvalue weighted by atomic mass is 32.1. The number of carbonyl (C=O) groups is 1. The van der Waals surface area contributed by atoms with Crippen molar-refractivity contribution in [2.75, 3.05) is 10.6 Å². The molecule has 0 fully saturated rings. The second-order valence-electron chi connectivity index (χ2n) is 7.48. The van der Waals surface area contributed by atoms with Gasteiger partial charge in [-0.2, -0.15) is 0 Å². The summed E-state index contributed by atoms with van der Waals surface area (Å²) in [6.45, 7) is 4.21. The Hall–Kier alpha value is -3.78. The molecule has 0 bridgehead atoms. The van der Waals surface area contributed by atoms with Gasteiger partial charge in [-0.25, -0.2) is 0 Å². The molecule has 1 amide bonds. The molecule has 0 aliphatic heterocycles. The lowest BCUT2D eigenvalue weighted by Gasteiger charge is -2.21. The van der Waals surface area contributed by atoms with E-state index in [4.69, 9.17) is 12.2 Å². The van der Waals surface area contributed by atoms with Crippen molar-refractivity contribution in [3.05, 3.63) is 100 Å². The van der Waals surface area contributed by atoms with E-state index in [0.29, 0.717) is 17.2 Å². The van der Waals surface area contributed by atoms with Gasteiger partial charge in [0, 0.05) is 11.8 Å². The van der Waals surface area contributed by atoms with Gasteiger partial charge in [0.15, 0.2) is 5.11 Å². The summed E-state index contributed by atoms with van der Waals surface area (Å²) in [4.78, 5) is 23.9. The number of para-hydroxylation sites is 2. The molecule has 1 atom stereocenters. The maximum absolute atomic E-state index is 13.1. The van der Waals surface area contributed by atoms with Gasteiger partial charge in [0.2, 0.25) is 0 Å². The largest absolute Gasteiger partial charge is 0.347 e. The first kappa shape index (κ1) is 22.9. The first-order valence-electron chi connectivity index (χ1n) is 10.1. The van der Waals surface area contributed by atoms with E-state index >= 15 is 0 Å². The zero-order valence-electron chi connectivity index (χ0n) is 17.7. The average molecular weight is 449 g/mol. The minimum Gasteiger partial charge on any atom is -0.347 e. The number of benzene rings is 3. The van der Waals surface area contributed by atoms with Crippen LogP contribution >= 0.6 is 12.2 Å². The summed E-state index contributed by atoms with van der Waals surface area (Å²) in [5.41, 5.74) is 2.68. The standard InChI is InChI=1S/C24H24N4O3S/c1-16(2)17-12-14-19(15-13-17)25-23(29)22(18-8-4-3-5-9-18)27-24(32)26-20-10-6-7-11-21(20)28(30)31/h3-16,22H,1-2H3,(H,25,29)(H2,26,27,32). The highest BCUT2D eigenvalue weighted by molar-refractivity contribution is 7.80. The van der Waals surface area contributed by atoms with Gasteiger partial charge in [0.25, 0.3) is 11.6 Å². The molecule has 0 heterocycles. The van der Waals surface area contributed by atoms with Gasteiger partial charge < -0.3 is 16.0 Å². The SMILES string of the molecule is CC(C)c1ccc(NC(=O)C(NC(=S)Nc2ccccc2[N+](=O)[O-])c2ccccc2)cc1. The Balaban J connectivity index is 1.78. The Morgan fingerprint density at radius 1 is 0.875 bits per heavy atom. The number of amides is 1.